The lowest BCUT2D eigenvalue weighted by Gasteiger charge is -2.24. The Morgan fingerprint density at radius 1 is 1.38 bits per heavy atom. The molecule has 2 aromatic heterocycles. The van der Waals surface area contributed by atoms with Gasteiger partial charge in [-0.05, 0) is 24.3 Å². The average Bonchev–Trinajstić information content (AvgIpc) is 3.31. The number of rotatable bonds is 4. The van der Waals surface area contributed by atoms with Crippen LogP contribution in [-0.2, 0) is 11.8 Å². The molecule has 122 valence electrons. The highest BCUT2D eigenvalue weighted by atomic mass is 32.1. The topological polar surface area (TPSA) is 67.6 Å². The Morgan fingerprint density at radius 2 is 2.29 bits per heavy atom. The number of methoxy groups -OCH3 is 1. The van der Waals surface area contributed by atoms with Gasteiger partial charge in [0.05, 0.1) is 17.5 Å². The maximum atomic E-state index is 5.36. The van der Waals surface area contributed by atoms with E-state index < -0.39 is 0 Å². The highest BCUT2D eigenvalue weighted by Gasteiger charge is 2.28. The molecule has 0 saturated carbocycles. The number of nitrogens with one attached hydrogen (secondary N) is 1. The van der Waals surface area contributed by atoms with Crippen LogP contribution in [0.25, 0.3) is 16.6 Å². The van der Waals surface area contributed by atoms with E-state index in [-0.39, 0.29) is 6.17 Å². The van der Waals surface area contributed by atoms with Crippen molar-refractivity contribution < 1.29 is 4.74 Å². The number of allylic oxidation sites excluding steroid dienone is 2. The minimum atomic E-state index is -0.159. The molecule has 24 heavy (non-hydrogen) atoms. The number of aromatic nitrogens is 3. The number of hydrogen-bond acceptors (Lipinski definition) is 7. The fourth-order valence-electron chi connectivity index (χ4n) is 2.56. The highest BCUT2D eigenvalue weighted by Crippen LogP contribution is 2.23. The monoisotopic (exact) mass is 340 g/mol. The van der Waals surface area contributed by atoms with Crippen LogP contribution in [-0.4, -0.2) is 38.7 Å². The quantitative estimate of drug-likeness (QED) is 0.924. The third-order valence-corrected chi connectivity index (χ3v) is 4.55. The molecule has 0 radical (unpaired) electrons. The summed E-state index contributed by atoms with van der Waals surface area (Å²) in [5.41, 5.74) is 5.95. The zero-order chi connectivity index (χ0) is 16.5. The van der Waals surface area contributed by atoms with E-state index in [1.54, 1.807) is 24.0 Å². The van der Waals surface area contributed by atoms with Crippen molar-refractivity contribution in [3.8, 4) is 10.6 Å². The summed E-state index contributed by atoms with van der Waals surface area (Å²) in [5, 5.41) is 1.90. The second-order valence-electron chi connectivity index (χ2n) is 5.32. The lowest BCUT2D eigenvalue weighted by molar-refractivity contribution is 0.188. The molecular formula is C16H16N6OS. The number of nitrogens with zero attached hydrogens (tertiary/aromatic N) is 5. The first-order valence-corrected chi connectivity index (χ1v) is 8.28. The Labute approximate surface area is 143 Å². The van der Waals surface area contributed by atoms with Crippen LogP contribution in [0.1, 0.15) is 5.82 Å². The molecule has 0 aromatic carbocycles. The SMILES string of the molecule is COC1=CC=CN2NC(/C=C\c3nc(-c4cncs4)cn3C)=NC12. The summed E-state index contributed by atoms with van der Waals surface area (Å²) in [6.45, 7) is 0. The fourth-order valence-corrected chi connectivity index (χ4v) is 3.13. The Bertz CT molecular complexity index is 861. The van der Waals surface area contributed by atoms with Gasteiger partial charge in [0.1, 0.15) is 23.1 Å². The average molecular weight is 340 g/mol. The Morgan fingerprint density at radius 3 is 3.08 bits per heavy atom. The molecule has 0 spiro atoms. The molecule has 7 nitrogen and oxygen atoms in total. The van der Waals surface area contributed by atoms with E-state index in [1.165, 1.54) is 0 Å². The van der Waals surface area contributed by atoms with Gasteiger partial charge in [0.15, 0.2) is 6.17 Å². The molecule has 1 atom stereocenters. The first kappa shape index (κ1) is 14.7. The molecule has 2 aromatic rings. The second-order valence-corrected chi connectivity index (χ2v) is 6.20. The Hall–Kier alpha value is -2.87. The van der Waals surface area contributed by atoms with Crippen molar-refractivity contribution in [2.45, 2.75) is 6.17 Å². The number of hydrogen-bond donors (Lipinski definition) is 1. The smallest absolute Gasteiger partial charge is 0.198 e. The van der Waals surface area contributed by atoms with Crippen LogP contribution in [0.2, 0.25) is 0 Å². The predicted molar refractivity (Wildman–Crippen MR) is 93.8 cm³/mol. The first-order valence-electron chi connectivity index (χ1n) is 7.40. The summed E-state index contributed by atoms with van der Waals surface area (Å²) in [5.74, 6) is 2.42. The van der Waals surface area contributed by atoms with Crippen molar-refractivity contribution in [3.63, 3.8) is 0 Å². The van der Waals surface area contributed by atoms with E-state index in [0.717, 1.165) is 28.0 Å². The molecule has 0 fully saturated rings. The zero-order valence-electron chi connectivity index (χ0n) is 13.2. The standard InChI is InChI=1S/C16H16N6OS/c1-21-9-11(13-8-17-10-24-13)18-15(21)6-5-14-19-16-12(23-2)4-3-7-22(16)20-14/h3-10,16H,1-2H3,(H,19,20)/b6-5-. The normalized spacial score (nSPS) is 19.2. The van der Waals surface area contributed by atoms with Gasteiger partial charge in [0.25, 0.3) is 0 Å². The van der Waals surface area contributed by atoms with E-state index in [0.29, 0.717) is 0 Å². The third kappa shape index (κ3) is 2.61. The molecule has 0 amide bonds. The summed E-state index contributed by atoms with van der Waals surface area (Å²) in [4.78, 5) is 14.4. The van der Waals surface area contributed by atoms with Crippen LogP contribution < -0.4 is 5.43 Å². The molecule has 1 N–H and O–H groups in total. The van der Waals surface area contributed by atoms with Crippen LogP contribution in [0.15, 0.2) is 53.1 Å². The number of amidine groups is 1. The van der Waals surface area contributed by atoms with Gasteiger partial charge in [0.2, 0.25) is 0 Å². The molecule has 1 unspecified atom stereocenters. The van der Waals surface area contributed by atoms with Crippen molar-refractivity contribution >= 4 is 23.2 Å². The molecule has 0 bridgehead atoms. The third-order valence-electron chi connectivity index (χ3n) is 3.75. The highest BCUT2D eigenvalue weighted by molar-refractivity contribution is 7.13. The van der Waals surface area contributed by atoms with Crippen LogP contribution in [0.3, 0.4) is 0 Å². The Kier molecular flexibility index (Phi) is 3.66. The van der Waals surface area contributed by atoms with Crippen molar-refractivity contribution in [1.82, 2.24) is 25.0 Å². The molecule has 2 aliphatic rings. The summed E-state index contributed by atoms with van der Waals surface area (Å²) in [6, 6.07) is 0. The fraction of sp³-hybridized carbons (Fsp3) is 0.188. The summed E-state index contributed by atoms with van der Waals surface area (Å²) in [7, 11) is 3.63. The van der Waals surface area contributed by atoms with Gasteiger partial charge >= 0.3 is 0 Å². The number of imidazole rings is 1. The number of thiazole rings is 1. The van der Waals surface area contributed by atoms with Crippen LogP contribution in [0.4, 0.5) is 0 Å². The number of fused-ring (bicyclic) bond motifs is 1. The minimum absolute atomic E-state index is 0.159. The maximum absolute atomic E-state index is 5.36. The zero-order valence-corrected chi connectivity index (χ0v) is 14.1. The van der Waals surface area contributed by atoms with Crippen molar-refractivity contribution in [1.29, 1.82) is 0 Å². The maximum Gasteiger partial charge on any atom is 0.198 e. The van der Waals surface area contributed by atoms with Gasteiger partial charge in [-0.25, -0.2) is 9.98 Å². The van der Waals surface area contributed by atoms with Crippen molar-refractivity contribution in [2.75, 3.05) is 7.11 Å². The predicted octanol–water partition coefficient (Wildman–Crippen LogP) is 2.16. The molecule has 4 heterocycles. The van der Waals surface area contributed by atoms with Gasteiger partial charge in [0, 0.05) is 25.6 Å². The van der Waals surface area contributed by atoms with Crippen LogP contribution in [0.5, 0.6) is 0 Å². The molecular weight excluding hydrogens is 324 g/mol. The van der Waals surface area contributed by atoms with E-state index >= 15 is 0 Å². The summed E-state index contributed by atoms with van der Waals surface area (Å²) in [6.07, 6.45) is 13.3. The number of ether oxygens (including phenoxy) is 1. The van der Waals surface area contributed by atoms with Crippen LogP contribution >= 0.6 is 11.3 Å². The van der Waals surface area contributed by atoms with Gasteiger partial charge < -0.3 is 9.30 Å². The van der Waals surface area contributed by atoms with Crippen LogP contribution in [0, 0.1) is 0 Å². The lowest BCUT2D eigenvalue weighted by atomic mass is 10.3. The number of aryl methyl sites for hydroxylation is 1. The second kappa shape index (κ2) is 5.97. The number of hydrazine groups is 1. The Balaban J connectivity index is 1.54. The van der Waals surface area contributed by atoms with Crippen molar-refractivity contribution in [3.05, 3.63) is 53.9 Å². The molecule has 8 heteroatoms. The largest absolute Gasteiger partial charge is 0.497 e. The first-order chi connectivity index (χ1) is 11.7. The minimum Gasteiger partial charge on any atom is -0.497 e. The summed E-state index contributed by atoms with van der Waals surface area (Å²) < 4.78 is 7.34. The molecule has 0 aliphatic carbocycles. The van der Waals surface area contributed by atoms with E-state index in [1.807, 2.05) is 59.5 Å². The van der Waals surface area contributed by atoms with Gasteiger partial charge in [-0.1, -0.05) is 0 Å². The molecule has 4 rings (SSSR count). The molecule has 2 aliphatic heterocycles. The van der Waals surface area contributed by atoms with E-state index in [2.05, 4.69) is 20.4 Å². The van der Waals surface area contributed by atoms with E-state index in [4.69, 9.17) is 4.74 Å². The van der Waals surface area contributed by atoms with Crippen molar-refractivity contribution in [2.24, 2.45) is 12.0 Å². The van der Waals surface area contributed by atoms with E-state index in [9.17, 15) is 0 Å². The van der Waals surface area contributed by atoms with Gasteiger partial charge in [-0.3, -0.25) is 15.4 Å². The summed E-state index contributed by atoms with van der Waals surface area (Å²) >= 11 is 1.58. The van der Waals surface area contributed by atoms with Gasteiger partial charge in [-0.15, -0.1) is 11.3 Å². The van der Waals surface area contributed by atoms with Gasteiger partial charge in [-0.2, -0.15) is 0 Å². The number of aliphatic imine (C=N–C) groups is 1. The molecule has 0 saturated heterocycles. The lowest BCUT2D eigenvalue weighted by Crippen LogP contribution is -2.38.